The smallest absolute Gasteiger partial charge is 0.411 e. The Morgan fingerprint density at radius 1 is 0.867 bits per heavy atom. The summed E-state index contributed by atoms with van der Waals surface area (Å²) in [5.74, 6) is -0.0127. The molecule has 0 aliphatic carbocycles. The average molecular weight is 623 g/mol. The van der Waals surface area contributed by atoms with Crippen molar-refractivity contribution in [3.05, 3.63) is 114 Å². The van der Waals surface area contributed by atoms with Crippen LogP contribution in [0.1, 0.15) is 76.4 Å². The second kappa shape index (κ2) is 13.0. The van der Waals surface area contributed by atoms with Gasteiger partial charge in [-0.3, -0.25) is 14.6 Å². The number of amides is 2. The summed E-state index contributed by atoms with van der Waals surface area (Å²) in [6, 6.07) is 28.6. The van der Waals surface area contributed by atoms with E-state index in [1.807, 2.05) is 76.5 Å². The molecule has 0 N–H and O–H groups in total. The van der Waals surface area contributed by atoms with Crippen LogP contribution < -0.4 is 4.90 Å². The summed E-state index contributed by atoms with van der Waals surface area (Å²) >= 11 is 0. The van der Waals surface area contributed by atoms with Crippen LogP contribution in [-0.4, -0.2) is 37.7 Å². The molecule has 2 heterocycles. The second-order valence-corrected chi connectivity index (χ2v) is 20.2. The van der Waals surface area contributed by atoms with Crippen molar-refractivity contribution in [2.45, 2.75) is 95.7 Å². The van der Waals surface area contributed by atoms with E-state index in [1.165, 1.54) is 0 Å². The Bertz CT molecular complexity index is 1500. The van der Waals surface area contributed by atoms with Gasteiger partial charge in [-0.25, -0.2) is 4.79 Å². The number of carbonyl (C=O) groups is 2. The lowest BCUT2D eigenvalue weighted by Crippen LogP contribution is -2.58. The molecule has 0 saturated carbocycles. The Morgan fingerprint density at radius 2 is 1.42 bits per heavy atom. The number of hydrogen-bond donors (Lipinski definition) is 0. The molecule has 45 heavy (non-hydrogen) atoms. The van der Waals surface area contributed by atoms with E-state index in [1.54, 1.807) is 0 Å². The largest absolute Gasteiger partial charge is 0.444 e. The molecule has 1 saturated heterocycles. The summed E-state index contributed by atoms with van der Waals surface area (Å²) in [5.41, 5.74) is 5.90. The highest BCUT2D eigenvalue weighted by atomic mass is 28.3. The van der Waals surface area contributed by atoms with Gasteiger partial charge in [-0.1, -0.05) is 137 Å². The lowest BCUT2D eigenvalue weighted by molar-refractivity contribution is 0.0770. The Balaban J connectivity index is 1.67. The summed E-state index contributed by atoms with van der Waals surface area (Å²) in [7, 11) is -1.93. The van der Waals surface area contributed by atoms with E-state index in [2.05, 4.69) is 73.2 Å². The minimum Gasteiger partial charge on any atom is -0.444 e. The zero-order valence-electron chi connectivity index (χ0n) is 28.1. The van der Waals surface area contributed by atoms with Crippen molar-refractivity contribution in [2.75, 3.05) is 11.4 Å². The number of fused-ring (bicyclic) bond motifs is 3. The van der Waals surface area contributed by atoms with Gasteiger partial charge in [0.15, 0.2) is 0 Å². The molecule has 3 atom stereocenters. The van der Waals surface area contributed by atoms with Gasteiger partial charge in [0.2, 0.25) is 0 Å². The fourth-order valence-corrected chi connectivity index (χ4v) is 15.9. The number of anilines is 1. The first-order valence-electron chi connectivity index (χ1n) is 16.6. The van der Waals surface area contributed by atoms with E-state index in [-0.39, 0.29) is 24.5 Å². The second-order valence-electron chi connectivity index (χ2n) is 14.1. The maximum Gasteiger partial charge on any atom is 0.411 e. The van der Waals surface area contributed by atoms with Crippen LogP contribution >= 0.6 is 0 Å². The van der Waals surface area contributed by atoms with Crippen molar-refractivity contribution in [2.24, 2.45) is 5.92 Å². The molecule has 2 amide bonds. The van der Waals surface area contributed by atoms with Crippen molar-refractivity contribution >= 4 is 25.8 Å². The molecule has 0 radical (unpaired) electrons. The maximum absolute atomic E-state index is 14.6. The van der Waals surface area contributed by atoms with Crippen LogP contribution in [0.15, 0.2) is 97.1 Å². The van der Waals surface area contributed by atoms with E-state index >= 15 is 0 Å². The Kier molecular flexibility index (Phi) is 9.46. The highest BCUT2D eigenvalue weighted by molar-refractivity contribution is 6.83. The number of carbonyl (C=O) groups excluding carboxylic acids is 2. The number of likely N-dealkylation sites (tertiary alicyclic amines) is 1. The molecule has 5 rings (SSSR count). The molecule has 1 unspecified atom stereocenters. The fraction of sp³-hybridized carbons (Fsp3) is 0.436. The molecule has 6 heteroatoms. The van der Waals surface area contributed by atoms with Gasteiger partial charge in [0.25, 0.3) is 5.91 Å². The molecule has 0 spiro atoms. The fourth-order valence-electron chi connectivity index (χ4n) is 9.02. The minimum absolute atomic E-state index is 0.0861. The summed E-state index contributed by atoms with van der Waals surface area (Å²) < 4.78 is 5.99. The summed E-state index contributed by atoms with van der Waals surface area (Å²) in [5, 5.41) is 0. The Morgan fingerprint density at radius 3 is 2.00 bits per heavy atom. The number of allylic oxidation sites excluding steroid dienone is 1. The summed E-state index contributed by atoms with van der Waals surface area (Å²) in [6.07, 6.45) is -0.167. The first kappa shape index (κ1) is 32.7. The predicted molar refractivity (Wildman–Crippen MR) is 187 cm³/mol. The monoisotopic (exact) mass is 622 g/mol. The lowest BCUT2D eigenvalue weighted by Gasteiger charge is -2.50. The van der Waals surface area contributed by atoms with Gasteiger partial charge >= 0.3 is 6.09 Å². The topological polar surface area (TPSA) is 49.9 Å². The van der Waals surface area contributed by atoms with Crippen molar-refractivity contribution in [1.29, 1.82) is 0 Å². The normalized spacial score (nSPS) is 20.0. The van der Waals surface area contributed by atoms with Gasteiger partial charge in [0.1, 0.15) is 12.8 Å². The zero-order chi connectivity index (χ0) is 32.5. The zero-order valence-corrected chi connectivity index (χ0v) is 29.1. The van der Waals surface area contributed by atoms with Crippen molar-refractivity contribution in [1.82, 2.24) is 4.90 Å². The van der Waals surface area contributed by atoms with Gasteiger partial charge in [0.05, 0.1) is 13.8 Å². The summed E-state index contributed by atoms with van der Waals surface area (Å²) in [6.45, 7) is 22.0. The van der Waals surface area contributed by atoms with Gasteiger partial charge < -0.3 is 4.74 Å². The molecule has 2 aliphatic rings. The van der Waals surface area contributed by atoms with Gasteiger partial charge in [0, 0.05) is 17.5 Å². The molecular weight excluding hydrogens is 573 g/mol. The third-order valence-corrected chi connectivity index (χ3v) is 18.7. The van der Waals surface area contributed by atoms with Crippen LogP contribution in [0.3, 0.4) is 0 Å². The molecule has 1 fully saturated rings. The number of hydrogen-bond acceptors (Lipinski definition) is 3. The first-order chi connectivity index (χ1) is 21.5. The van der Waals surface area contributed by atoms with Crippen molar-refractivity contribution in [3.8, 4) is 0 Å². The first-order valence-corrected chi connectivity index (χ1v) is 19.0. The number of benzene rings is 3. The standard InChI is InChI=1S/C39H50N2O3Si/c1-27(2)34(26-45(28(3)4,29(5)6)30(7)8)39-23-24-40(38(43)44-25-31-17-11-9-12-18-31)37(39)41(35-22-16-15-21-33(35)39)36(42)32-19-13-10-14-20-32/h9-22,28-30,34,37H,1,23-26H2,2-8H3/t34?,37-,39+/m1/s1. The molecule has 0 aromatic heterocycles. The van der Waals surface area contributed by atoms with Crippen molar-refractivity contribution < 1.29 is 14.3 Å². The van der Waals surface area contributed by atoms with Crippen LogP contribution in [0.5, 0.6) is 0 Å². The molecule has 2 aliphatic heterocycles. The highest BCUT2D eigenvalue weighted by Crippen LogP contribution is 2.61. The average Bonchev–Trinajstić information content (AvgIpc) is 3.54. The van der Waals surface area contributed by atoms with Crippen LogP contribution in [-0.2, 0) is 16.8 Å². The number of para-hydroxylation sites is 1. The van der Waals surface area contributed by atoms with E-state index in [9.17, 15) is 9.59 Å². The third kappa shape index (κ3) is 5.56. The van der Waals surface area contributed by atoms with Gasteiger partial charge in [-0.15, -0.1) is 0 Å². The van der Waals surface area contributed by atoms with Crippen LogP contribution in [0.2, 0.25) is 22.7 Å². The van der Waals surface area contributed by atoms with E-state index in [0.717, 1.165) is 34.9 Å². The molecule has 3 aromatic carbocycles. The maximum atomic E-state index is 14.6. The van der Waals surface area contributed by atoms with Crippen LogP contribution in [0, 0.1) is 5.92 Å². The predicted octanol–water partition coefficient (Wildman–Crippen LogP) is 9.82. The molecular formula is C39H50N2O3Si. The number of nitrogens with zero attached hydrogens (tertiary/aromatic N) is 2. The lowest BCUT2D eigenvalue weighted by atomic mass is 9.67. The van der Waals surface area contributed by atoms with Crippen molar-refractivity contribution in [3.63, 3.8) is 0 Å². The van der Waals surface area contributed by atoms with Gasteiger partial charge in [-0.05, 0) is 54.6 Å². The molecule has 0 bridgehead atoms. The minimum atomic E-state index is -1.93. The van der Waals surface area contributed by atoms with E-state index in [0.29, 0.717) is 28.7 Å². The van der Waals surface area contributed by atoms with E-state index < -0.39 is 19.7 Å². The Labute approximate surface area is 271 Å². The van der Waals surface area contributed by atoms with Gasteiger partial charge in [-0.2, -0.15) is 0 Å². The molecule has 3 aromatic rings. The Hall–Kier alpha value is -3.64. The van der Waals surface area contributed by atoms with Crippen LogP contribution in [0.25, 0.3) is 0 Å². The quantitative estimate of drug-likeness (QED) is 0.167. The van der Waals surface area contributed by atoms with Crippen LogP contribution in [0.4, 0.5) is 10.5 Å². The molecule has 5 nitrogen and oxygen atoms in total. The highest BCUT2D eigenvalue weighted by Gasteiger charge is 2.65. The van der Waals surface area contributed by atoms with E-state index in [4.69, 9.17) is 4.74 Å². The third-order valence-electron chi connectivity index (χ3n) is 11.1. The number of ether oxygens (including phenoxy) is 1. The molecule has 238 valence electrons. The number of rotatable bonds is 10. The summed E-state index contributed by atoms with van der Waals surface area (Å²) in [4.78, 5) is 32.4. The SMILES string of the molecule is C=C(C)C(C[Si](C(C)C)(C(C)C)C(C)C)[C@@]12CCN(C(=O)OCc3ccccc3)[C@@H]1N(C(=O)c1ccccc1)c1ccccc12.